The molecule has 0 bridgehead atoms. The van der Waals surface area contributed by atoms with Crippen LogP contribution in [0.1, 0.15) is 37.3 Å². The molecule has 1 N–H and O–H groups in total. The maximum absolute atomic E-state index is 13.1. The molecular formula is C26H27ClF3N3O4S. The van der Waals surface area contributed by atoms with Gasteiger partial charge in [0.1, 0.15) is 5.75 Å². The number of carboxylic acid groups (broad SMARTS) is 1. The summed E-state index contributed by atoms with van der Waals surface area (Å²) in [6.45, 7) is 3.93. The molecule has 204 valence electrons. The number of aliphatic imine (C=N–C) groups is 1. The highest BCUT2D eigenvalue weighted by atomic mass is 35.5. The molecular weight excluding hydrogens is 543 g/mol. The Morgan fingerprint density at radius 3 is 2.71 bits per heavy atom. The molecule has 7 nitrogen and oxygen atoms in total. The number of alkyl halides is 3. The summed E-state index contributed by atoms with van der Waals surface area (Å²) < 4.78 is 51.1. The van der Waals surface area contributed by atoms with E-state index in [1.165, 1.54) is 23.8 Å². The molecule has 1 aliphatic rings. The lowest BCUT2D eigenvalue weighted by Crippen LogP contribution is -2.44. The lowest BCUT2D eigenvalue weighted by Gasteiger charge is -2.39. The van der Waals surface area contributed by atoms with E-state index in [1.54, 1.807) is 18.2 Å². The third-order valence-electron chi connectivity index (χ3n) is 6.36. The van der Waals surface area contributed by atoms with Crippen molar-refractivity contribution in [1.29, 1.82) is 0 Å². The first-order chi connectivity index (χ1) is 18.1. The summed E-state index contributed by atoms with van der Waals surface area (Å²) in [7, 11) is 0. The predicted molar refractivity (Wildman–Crippen MR) is 142 cm³/mol. The number of aliphatic carboxylic acids is 1. The second-order valence-corrected chi connectivity index (χ2v) is 10.5. The molecule has 12 heteroatoms. The van der Waals surface area contributed by atoms with E-state index in [0.29, 0.717) is 77.2 Å². The number of anilines is 1. The number of piperidine rings is 1. The molecule has 0 saturated carbocycles. The molecule has 0 atom stereocenters. The molecule has 0 spiro atoms. The van der Waals surface area contributed by atoms with Crippen LogP contribution in [0.3, 0.4) is 0 Å². The number of ether oxygens (including phenoxy) is 2. The molecule has 1 saturated heterocycles. The van der Waals surface area contributed by atoms with Gasteiger partial charge in [-0.25, -0.2) is 4.98 Å². The molecule has 1 aliphatic heterocycles. The quantitative estimate of drug-likeness (QED) is 0.223. The highest BCUT2D eigenvalue weighted by Crippen LogP contribution is 2.38. The van der Waals surface area contributed by atoms with Crippen molar-refractivity contribution in [1.82, 2.24) is 4.98 Å². The van der Waals surface area contributed by atoms with Crippen molar-refractivity contribution in [2.75, 3.05) is 31.2 Å². The van der Waals surface area contributed by atoms with E-state index < -0.39 is 23.2 Å². The summed E-state index contributed by atoms with van der Waals surface area (Å²) in [4.78, 5) is 22.4. The van der Waals surface area contributed by atoms with Crippen molar-refractivity contribution in [3.63, 3.8) is 0 Å². The van der Waals surface area contributed by atoms with Crippen LogP contribution in [0.2, 0.25) is 5.02 Å². The SMILES string of the molecule is CCOC=NC1(CCOc2cc(Cl)cc(CC(=O)O)c2)CCN(c2nc3ccc(C(F)(F)F)cc3s2)CC1. The first kappa shape index (κ1) is 28.0. The van der Waals surface area contributed by atoms with E-state index in [0.717, 1.165) is 12.1 Å². The number of hydrogen-bond donors (Lipinski definition) is 1. The van der Waals surface area contributed by atoms with Crippen LogP contribution in [0.4, 0.5) is 18.3 Å². The number of fused-ring (bicyclic) bond motifs is 1. The monoisotopic (exact) mass is 569 g/mol. The summed E-state index contributed by atoms with van der Waals surface area (Å²) in [5, 5.41) is 10.1. The maximum Gasteiger partial charge on any atom is 0.416 e. The zero-order valence-corrected chi connectivity index (χ0v) is 22.2. The minimum atomic E-state index is -4.40. The van der Waals surface area contributed by atoms with Crippen molar-refractivity contribution >= 4 is 50.7 Å². The molecule has 2 aromatic carbocycles. The van der Waals surface area contributed by atoms with Crippen molar-refractivity contribution in [3.8, 4) is 5.75 Å². The minimum Gasteiger partial charge on any atom is -0.493 e. The van der Waals surface area contributed by atoms with Crippen molar-refractivity contribution < 1.29 is 32.5 Å². The fourth-order valence-corrected chi connectivity index (χ4v) is 5.65. The molecule has 38 heavy (non-hydrogen) atoms. The highest BCUT2D eigenvalue weighted by molar-refractivity contribution is 7.22. The number of rotatable bonds is 10. The van der Waals surface area contributed by atoms with Gasteiger partial charge >= 0.3 is 12.1 Å². The Labute approximate surface area is 226 Å². The van der Waals surface area contributed by atoms with Crippen LogP contribution in [0.25, 0.3) is 10.2 Å². The lowest BCUT2D eigenvalue weighted by atomic mass is 9.85. The van der Waals surface area contributed by atoms with E-state index >= 15 is 0 Å². The number of thiazole rings is 1. The van der Waals surface area contributed by atoms with Gasteiger partial charge in [-0.1, -0.05) is 22.9 Å². The molecule has 0 aliphatic carbocycles. The average Bonchev–Trinajstić information content (AvgIpc) is 3.27. The Hall–Kier alpha value is -3.05. The number of carbonyl (C=O) groups is 1. The zero-order chi connectivity index (χ0) is 27.3. The molecule has 4 rings (SSSR count). The van der Waals surface area contributed by atoms with Crippen LogP contribution in [0.5, 0.6) is 5.75 Å². The second kappa shape index (κ2) is 11.8. The topological polar surface area (TPSA) is 84.2 Å². The smallest absolute Gasteiger partial charge is 0.416 e. The Kier molecular flexibility index (Phi) is 8.67. The first-order valence-electron chi connectivity index (χ1n) is 12.1. The zero-order valence-electron chi connectivity index (χ0n) is 20.6. The fourth-order valence-electron chi connectivity index (χ4n) is 4.35. The number of hydrogen-bond acceptors (Lipinski definition) is 7. The summed E-state index contributed by atoms with van der Waals surface area (Å²) in [6, 6.07) is 8.51. The maximum atomic E-state index is 13.1. The number of carboxylic acids is 1. The van der Waals surface area contributed by atoms with E-state index in [-0.39, 0.29) is 6.42 Å². The summed E-state index contributed by atoms with van der Waals surface area (Å²) >= 11 is 7.38. The summed E-state index contributed by atoms with van der Waals surface area (Å²) in [5.74, 6) is -0.467. The fraction of sp³-hybridized carbons (Fsp3) is 0.423. The van der Waals surface area contributed by atoms with Crippen LogP contribution in [0, 0.1) is 0 Å². The molecule has 0 radical (unpaired) electrons. The Morgan fingerprint density at radius 2 is 2.03 bits per heavy atom. The Morgan fingerprint density at radius 1 is 1.26 bits per heavy atom. The van der Waals surface area contributed by atoms with Gasteiger partial charge in [0.05, 0.1) is 41.0 Å². The van der Waals surface area contributed by atoms with E-state index in [9.17, 15) is 18.0 Å². The molecule has 0 amide bonds. The van der Waals surface area contributed by atoms with Crippen molar-refractivity contribution in [3.05, 3.63) is 52.5 Å². The van der Waals surface area contributed by atoms with Gasteiger partial charge in [0.25, 0.3) is 0 Å². The Bertz CT molecular complexity index is 1310. The number of halogens is 4. The first-order valence-corrected chi connectivity index (χ1v) is 13.3. The normalized spacial score (nSPS) is 15.8. The highest BCUT2D eigenvalue weighted by Gasteiger charge is 2.35. The molecule has 1 fully saturated rings. The van der Waals surface area contributed by atoms with Gasteiger partial charge < -0.3 is 19.5 Å². The molecule has 1 aromatic heterocycles. The van der Waals surface area contributed by atoms with E-state index in [2.05, 4.69) is 9.88 Å². The van der Waals surface area contributed by atoms with Gasteiger partial charge in [0.15, 0.2) is 11.5 Å². The largest absolute Gasteiger partial charge is 0.493 e. The van der Waals surface area contributed by atoms with Crippen molar-refractivity contribution in [2.24, 2.45) is 4.99 Å². The third kappa shape index (κ3) is 7.08. The van der Waals surface area contributed by atoms with Gasteiger partial charge in [0.2, 0.25) is 0 Å². The van der Waals surface area contributed by atoms with Crippen LogP contribution in [-0.4, -0.2) is 54.3 Å². The number of nitrogens with zero attached hydrogens (tertiary/aromatic N) is 3. The van der Waals surface area contributed by atoms with Gasteiger partial charge in [-0.15, -0.1) is 0 Å². The van der Waals surface area contributed by atoms with E-state index in [1.807, 2.05) is 6.92 Å². The van der Waals surface area contributed by atoms with Crippen molar-refractivity contribution in [2.45, 2.75) is 44.3 Å². The van der Waals surface area contributed by atoms with Gasteiger partial charge in [-0.05, 0) is 61.7 Å². The van der Waals surface area contributed by atoms with E-state index in [4.69, 9.17) is 31.2 Å². The summed E-state index contributed by atoms with van der Waals surface area (Å²) in [5.41, 5.74) is -0.0382. The minimum absolute atomic E-state index is 0.154. The molecule has 0 unspecified atom stereocenters. The average molecular weight is 570 g/mol. The number of aromatic nitrogens is 1. The van der Waals surface area contributed by atoms with Crippen LogP contribution >= 0.6 is 22.9 Å². The second-order valence-electron chi connectivity index (χ2n) is 9.04. The standard InChI is InChI=1S/C26H27ClF3N3O4S/c1-2-36-16-31-25(7-10-37-20-12-17(13-23(34)35)11-19(27)15-20)5-8-33(9-6-25)24-32-21-4-3-18(26(28,29)30)14-22(21)38-24/h3-4,11-12,14-16H,2,5-10,13H2,1H3,(H,34,35). The lowest BCUT2D eigenvalue weighted by molar-refractivity contribution is -0.138. The molecule has 2 heterocycles. The van der Waals surface area contributed by atoms with Crippen LogP contribution in [-0.2, 0) is 22.1 Å². The predicted octanol–water partition coefficient (Wildman–Crippen LogP) is 6.47. The van der Waals surface area contributed by atoms with Crippen LogP contribution < -0.4 is 9.64 Å². The van der Waals surface area contributed by atoms with Crippen LogP contribution in [0.15, 0.2) is 41.4 Å². The van der Waals surface area contributed by atoms with Gasteiger partial charge in [-0.2, -0.15) is 13.2 Å². The number of benzene rings is 2. The Balaban J connectivity index is 1.43. The summed E-state index contributed by atoms with van der Waals surface area (Å²) in [6.07, 6.45) is -1.16. The third-order valence-corrected chi connectivity index (χ3v) is 7.66. The van der Waals surface area contributed by atoms with Gasteiger partial charge in [0, 0.05) is 24.5 Å². The van der Waals surface area contributed by atoms with Gasteiger partial charge in [-0.3, -0.25) is 9.79 Å². The molecule has 3 aromatic rings.